The van der Waals surface area contributed by atoms with E-state index in [0.717, 1.165) is 25.4 Å². The number of hydrogen-bond donors (Lipinski definition) is 1. The van der Waals surface area contributed by atoms with Crippen LogP contribution in [-0.4, -0.2) is 28.1 Å². The van der Waals surface area contributed by atoms with Crippen LogP contribution in [0.25, 0.3) is 11.0 Å². The molecule has 23 heavy (non-hydrogen) atoms. The molecule has 0 aliphatic carbocycles. The molecule has 3 rings (SSSR count). The zero-order valence-corrected chi connectivity index (χ0v) is 15.1. The van der Waals surface area contributed by atoms with Crippen molar-refractivity contribution in [2.75, 3.05) is 12.0 Å². The number of hydrogen-bond acceptors (Lipinski definition) is 7. The molecule has 1 N–H and O–H groups in total. The number of para-hydroxylation sites is 1. The molecule has 3 aromatic rings. The highest BCUT2D eigenvalue weighted by Crippen LogP contribution is 2.27. The summed E-state index contributed by atoms with van der Waals surface area (Å²) in [6.07, 6.45) is 1.96. The lowest BCUT2D eigenvalue weighted by atomic mass is 10.2. The van der Waals surface area contributed by atoms with E-state index >= 15 is 0 Å². The van der Waals surface area contributed by atoms with Gasteiger partial charge in [0.2, 0.25) is 5.91 Å². The lowest BCUT2D eigenvalue weighted by molar-refractivity contribution is -0.119. The monoisotopic (exact) mass is 365 g/mol. The maximum atomic E-state index is 12.1. The molecule has 0 bridgehead atoms. The van der Waals surface area contributed by atoms with Crippen molar-refractivity contribution in [1.29, 1.82) is 0 Å². The van der Waals surface area contributed by atoms with Crippen LogP contribution in [0, 0.1) is 0 Å². The summed E-state index contributed by atoms with van der Waals surface area (Å²) in [6.45, 7) is 1.91. The Bertz CT molecular complexity index is 782. The summed E-state index contributed by atoms with van der Waals surface area (Å²) in [4.78, 5) is 12.1. The van der Waals surface area contributed by atoms with Gasteiger partial charge in [0.05, 0.1) is 11.8 Å². The first kappa shape index (κ1) is 16.4. The zero-order valence-electron chi connectivity index (χ0n) is 12.6. The van der Waals surface area contributed by atoms with Crippen LogP contribution in [0.1, 0.15) is 18.7 Å². The van der Waals surface area contributed by atoms with Crippen molar-refractivity contribution in [2.24, 2.45) is 0 Å². The smallest absolute Gasteiger partial charge is 0.231 e. The summed E-state index contributed by atoms with van der Waals surface area (Å²) in [7, 11) is 0. The van der Waals surface area contributed by atoms with Crippen molar-refractivity contribution in [1.82, 2.24) is 15.5 Å². The number of fused-ring (bicyclic) bond motifs is 1. The molecule has 0 radical (unpaired) electrons. The third-order valence-electron chi connectivity index (χ3n) is 3.14. The van der Waals surface area contributed by atoms with Crippen molar-refractivity contribution >= 4 is 51.7 Å². The zero-order chi connectivity index (χ0) is 16.2. The van der Waals surface area contributed by atoms with Gasteiger partial charge in [-0.25, -0.2) is 0 Å². The molecule has 0 saturated heterocycles. The van der Waals surface area contributed by atoms with Crippen molar-refractivity contribution in [2.45, 2.75) is 21.6 Å². The second-order valence-corrected chi connectivity index (χ2v) is 8.06. The van der Waals surface area contributed by atoms with E-state index in [2.05, 4.69) is 15.5 Å². The average Bonchev–Trinajstić information content (AvgIpc) is 3.19. The minimum absolute atomic E-state index is 0.0520. The maximum Gasteiger partial charge on any atom is 0.231 e. The molecule has 2 heterocycles. The van der Waals surface area contributed by atoms with Crippen LogP contribution in [0.2, 0.25) is 0 Å². The number of aromatic nitrogens is 2. The van der Waals surface area contributed by atoms with Crippen LogP contribution in [0.4, 0.5) is 0 Å². The minimum Gasteiger partial charge on any atom is -0.459 e. The van der Waals surface area contributed by atoms with Gasteiger partial charge < -0.3 is 9.73 Å². The quantitative estimate of drug-likeness (QED) is 0.667. The molecular weight excluding hydrogens is 350 g/mol. The molecule has 0 aliphatic rings. The Morgan fingerprint density at radius 2 is 2.13 bits per heavy atom. The number of amides is 1. The molecule has 120 valence electrons. The maximum absolute atomic E-state index is 12.1. The highest BCUT2D eigenvalue weighted by molar-refractivity contribution is 8.03. The molecule has 0 spiro atoms. The molecule has 2 aromatic heterocycles. The third kappa shape index (κ3) is 4.07. The van der Waals surface area contributed by atoms with Crippen LogP contribution in [0.15, 0.2) is 43.4 Å². The van der Waals surface area contributed by atoms with Crippen molar-refractivity contribution in [3.8, 4) is 0 Å². The Morgan fingerprint density at radius 3 is 2.87 bits per heavy atom. The van der Waals surface area contributed by atoms with E-state index < -0.39 is 0 Å². The van der Waals surface area contributed by atoms with Crippen LogP contribution in [0.3, 0.4) is 0 Å². The van der Waals surface area contributed by atoms with Gasteiger partial charge >= 0.3 is 0 Å². The van der Waals surface area contributed by atoms with Crippen molar-refractivity contribution < 1.29 is 9.21 Å². The van der Waals surface area contributed by atoms with E-state index in [1.807, 2.05) is 43.5 Å². The summed E-state index contributed by atoms with van der Waals surface area (Å²) >= 11 is 4.45. The van der Waals surface area contributed by atoms with E-state index in [4.69, 9.17) is 4.42 Å². The Kier molecular flexibility index (Phi) is 5.24. The molecule has 8 heteroatoms. The molecule has 1 aromatic carbocycles. The van der Waals surface area contributed by atoms with Crippen LogP contribution in [0.5, 0.6) is 0 Å². The number of thioether (sulfide) groups is 2. The first-order valence-electron chi connectivity index (χ1n) is 6.94. The predicted molar refractivity (Wildman–Crippen MR) is 95.2 cm³/mol. The van der Waals surface area contributed by atoms with Gasteiger partial charge in [-0.05, 0) is 25.3 Å². The van der Waals surface area contributed by atoms with Gasteiger partial charge in [0.1, 0.15) is 11.3 Å². The van der Waals surface area contributed by atoms with Gasteiger partial charge in [0.15, 0.2) is 8.68 Å². The molecule has 1 amide bonds. The number of furan rings is 1. The fourth-order valence-corrected chi connectivity index (χ4v) is 4.28. The Labute approximate surface area is 146 Å². The summed E-state index contributed by atoms with van der Waals surface area (Å²) in [6, 6.07) is 9.59. The molecule has 0 aliphatic heterocycles. The highest BCUT2D eigenvalue weighted by atomic mass is 32.2. The van der Waals surface area contributed by atoms with E-state index in [0.29, 0.717) is 5.75 Å². The molecule has 0 saturated carbocycles. The SMILES string of the molecule is CSc1nnc(SCC(=O)N[C@@H](C)c2cc3ccccc3o2)s1. The van der Waals surface area contributed by atoms with Gasteiger partial charge in [-0.15, -0.1) is 10.2 Å². The standard InChI is InChI=1S/C15H15N3O2S3/c1-9(12-7-10-5-3-4-6-11(10)20-12)16-13(19)8-22-15-18-17-14(21-2)23-15/h3-7,9H,8H2,1-2H3,(H,16,19)/t9-/m0/s1. The summed E-state index contributed by atoms with van der Waals surface area (Å²) in [5, 5.41) is 12.0. The van der Waals surface area contributed by atoms with E-state index in [9.17, 15) is 4.79 Å². The summed E-state index contributed by atoms with van der Waals surface area (Å²) < 4.78 is 7.48. The van der Waals surface area contributed by atoms with Gasteiger partial charge in [-0.2, -0.15) is 0 Å². The van der Waals surface area contributed by atoms with Gasteiger partial charge in [0, 0.05) is 5.39 Å². The van der Waals surface area contributed by atoms with Crippen LogP contribution >= 0.6 is 34.9 Å². The number of nitrogens with zero attached hydrogens (tertiary/aromatic N) is 2. The average molecular weight is 366 g/mol. The minimum atomic E-state index is -0.174. The first-order valence-corrected chi connectivity index (χ1v) is 9.96. The molecule has 0 fully saturated rings. The van der Waals surface area contributed by atoms with Gasteiger partial charge in [-0.1, -0.05) is 53.1 Å². The lowest BCUT2D eigenvalue weighted by Gasteiger charge is -2.10. The lowest BCUT2D eigenvalue weighted by Crippen LogP contribution is -2.27. The van der Waals surface area contributed by atoms with E-state index in [-0.39, 0.29) is 11.9 Å². The Balaban J connectivity index is 1.56. The number of rotatable bonds is 6. The van der Waals surface area contributed by atoms with Crippen LogP contribution < -0.4 is 5.32 Å². The van der Waals surface area contributed by atoms with Gasteiger partial charge in [-0.3, -0.25) is 4.79 Å². The van der Waals surface area contributed by atoms with Gasteiger partial charge in [0.25, 0.3) is 0 Å². The molecule has 5 nitrogen and oxygen atoms in total. The fraction of sp³-hybridized carbons (Fsp3) is 0.267. The Morgan fingerprint density at radius 1 is 1.35 bits per heavy atom. The van der Waals surface area contributed by atoms with Crippen molar-refractivity contribution in [3.05, 3.63) is 36.1 Å². The van der Waals surface area contributed by atoms with Crippen molar-refractivity contribution in [3.63, 3.8) is 0 Å². The van der Waals surface area contributed by atoms with E-state index in [1.54, 1.807) is 11.8 Å². The molecule has 0 unspecified atom stereocenters. The Hall–Kier alpha value is -1.51. The third-order valence-corrected chi connectivity index (χ3v) is 6.17. The van der Waals surface area contributed by atoms with Crippen LogP contribution in [-0.2, 0) is 4.79 Å². The topological polar surface area (TPSA) is 68.0 Å². The first-order chi connectivity index (χ1) is 11.2. The predicted octanol–water partition coefficient (Wildman–Crippen LogP) is 3.98. The normalized spacial score (nSPS) is 12.4. The second kappa shape index (κ2) is 7.37. The largest absolute Gasteiger partial charge is 0.459 e. The second-order valence-electron chi connectivity index (χ2n) is 4.80. The fourth-order valence-electron chi connectivity index (χ4n) is 2.04. The number of benzene rings is 1. The number of carbonyl (C=O) groups is 1. The summed E-state index contributed by atoms with van der Waals surface area (Å²) in [5.41, 5.74) is 0.830. The highest BCUT2D eigenvalue weighted by Gasteiger charge is 2.15. The molecular formula is C15H15N3O2S3. The van der Waals surface area contributed by atoms with E-state index in [1.165, 1.54) is 23.1 Å². The summed E-state index contributed by atoms with van der Waals surface area (Å²) in [5.74, 6) is 1.02. The molecule has 1 atom stereocenters. The number of nitrogens with one attached hydrogen (secondary N) is 1. The number of carbonyl (C=O) groups excluding carboxylic acids is 1.